The van der Waals surface area contributed by atoms with Crippen LogP contribution in [0.15, 0.2) is 64.5 Å². The summed E-state index contributed by atoms with van der Waals surface area (Å²) in [5.74, 6) is 0.191. The van der Waals surface area contributed by atoms with E-state index in [2.05, 4.69) is 26.0 Å². The van der Waals surface area contributed by atoms with Gasteiger partial charge >= 0.3 is 0 Å². The number of rotatable bonds is 6. The molecular weight excluding hydrogens is 390 g/mol. The van der Waals surface area contributed by atoms with Crippen molar-refractivity contribution >= 4 is 22.9 Å². The molecule has 1 unspecified atom stereocenters. The lowest BCUT2D eigenvalue weighted by Crippen LogP contribution is -2.12. The second-order valence-corrected chi connectivity index (χ2v) is 7.36. The lowest BCUT2D eigenvalue weighted by atomic mass is 10.0. The molecule has 0 fully saturated rings. The first-order valence-electron chi connectivity index (χ1n) is 9.90. The molecule has 2 aromatic heterocycles. The van der Waals surface area contributed by atoms with Gasteiger partial charge in [-0.15, -0.1) is 0 Å². The van der Waals surface area contributed by atoms with E-state index in [-0.39, 0.29) is 18.1 Å². The van der Waals surface area contributed by atoms with E-state index in [0.29, 0.717) is 40.1 Å². The molecule has 0 saturated heterocycles. The van der Waals surface area contributed by atoms with Crippen LogP contribution in [0.5, 0.6) is 0 Å². The molecule has 0 radical (unpaired) electrons. The van der Waals surface area contributed by atoms with Crippen LogP contribution in [-0.2, 0) is 6.42 Å². The van der Waals surface area contributed by atoms with E-state index in [1.54, 1.807) is 24.4 Å². The van der Waals surface area contributed by atoms with Crippen molar-refractivity contribution in [2.24, 2.45) is 10.9 Å². The van der Waals surface area contributed by atoms with Crippen LogP contribution in [0.1, 0.15) is 16.7 Å². The fourth-order valence-corrected chi connectivity index (χ4v) is 3.55. The summed E-state index contributed by atoms with van der Waals surface area (Å²) in [6.07, 6.45) is 3.85. The monoisotopic (exact) mass is 411 g/mol. The molecule has 0 spiro atoms. The zero-order chi connectivity index (χ0) is 21.8. The van der Waals surface area contributed by atoms with Crippen molar-refractivity contribution in [1.29, 1.82) is 5.26 Å². The van der Waals surface area contributed by atoms with Gasteiger partial charge in [0.1, 0.15) is 11.4 Å². The number of hydrogen-bond donors (Lipinski definition) is 3. The van der Waals surface area contributed by atoms with Gasteiger partial charge in [-0.05, 0) is 42.7 Å². The van der Waals surface area contributed by atoms with Gasteiger partial charge in [0.25, 0.3) is 5.56 Å². The Morgan fingerprint density at radius 1 is 1.26 bits per heavy atom. The SMILES string of the molecule is Cc1cc(C#N)cc2[nH]c(-c3c(N=CC(CO)Cc4ccccc4)cc[nH]c3=O)nc12. The van der Waals surface area contributed by atoms with Crippen LogP contribution < -0.4 is 5.56 Å². The fraction of sp³-hybridized carbons (Fsp3) is 0.167. The molecule has 7 nitrogen and oxygen atoms in total. The summed E-state index contributed by atoms with van der Waals surface area (Å²) in [5.41, 5.74) is 4.28. The smallest absolute Gasteiger partial charge is 0.261 e. The van der Waals surface area contributed by atoms with Crippen LogP contribution >= 0.6 is 0 Å². The highest BCUT2D eigenvalue weighted by molar-refractivity contribution is 5.86. The molecule has 0 aliphatic carbocycles. The number of nitrogens with one attached hydrogen (secondary N) is 2. The maximum absolute atomic E-state index is 12.6. The third kappa shape index (κ3) is 4.29. The Hall–Kier alpha value is -4.02. The number of imidazole rings is 1. The molecule has 0 aliphatic heterocycles. The predicted molar refractivity (Wildman–Crippen MR) is 120 cm³/mol. The maximum Gasteiger partial charge on any atom is 0.261 e. The van der Waals surface area contributed by atoms with Crippen LogP contribution in [0.4, 0.5) is 5.69 Å². The average Bonchev–Trinajstić information content (AvgIpc) is 3.21. The Kier molecular flexibility index (Phi) is 5.74. The number of aliphatic hydroxyl groups excluding tert-OH is 1. The summed E-state index contributed by atoms with van der Waals surface area (Å²) in [6.45, 7) is 1.81. The summed E-state index contributed by atoms with van der Waals surface area (Å²) in [7, 11) is 0. The number of fused-ring (bicyclic) bond motifs is 1. The highest BCUT2D eigenvalue weighted by atomic mass is 16.3. The summed E-state index contributed by atoms with van der Waals surface area (Å²) >= 11 is 0. The summed E-state index contributed by atoms with van der Waals surface area (Å²) in [6, 6.07) is 17.2. The standard InChI is InChI=1S/C24H21N5O2/c1-15-9-17(12-25)11-20-22(15)29-23(28-20)21-19(7-8-26-24(21)31)27-13-18(14-30)10-16-5-3-2-4-6-16/h2-9,11,13,18,30H,10,14H2,1H3,(H,26,31)(H,28,29). The third-order valence-electron chi connectivity index (χ3n) is 5.08. The number of nitrogens with zero attached hydrogens (tertiary/aromatic N) is 3. The lowest BCUT2D eigenvalue weighted by Gasteiger charge is -2.09. The van der Waals surface area contributed by atoms with Crippen molar-refractivity contribution in [1.82, 2.24) is 15.0 Å². The summed E-state index contributed by atoms with van der Waals surface area (Å²) in [5, 5.41) is 19.0. The van der Waals surface area contributed by atoms with E-state index >= 15 is 0 Å². The number of nitriles is 1. The maximum atomic E-state index is 12.6. The topological polar surface area (TPSA) is 118 Å². The van der Waals surface area contributed by atoms with Crippen LogP contribution in [0.3, 0.4) is 0 Å². The van der Waals surface area contributed by atoms with Crippen molar-refractivity contribution < 1.29 is 5.11 Å². The Morgan fingerprint density at radius 3 is 2.81 bits per heavy atom. The molecule has 2 aromatic carbocycles. The van der Waals surface area contributed by atoms with Gasteiger partial charge in [-0.25, -0.2) is 4.98 Å². The molecule has 2 heterocycles. The normalized spacial score (nSPS) is 12.3. The molecule has 0 bridgehead atoms. The Morgan fingerprint density at radius 2 is 2.06 bits per heavy atom. The number of hydrogen-bond acceptors (Lipinski definition) is 5. The first-order valence-corrected chi connectivity index (χ1v) is 9.90. The van der Waals surface area contributed by atoms with Crippen LogP contribution in [-0.4, -0.2) is 32.9 Å². The van der Waals surface area contributed by atoms with Gasteiger partial charge in [-0.3, -0.25) is 9.79 Å². The van der Waals surface area contributed by atoms with Gasteiger partial charge in [0.15, 0.2) is 0 Å². The Bertz CT molecular complexity index is 1350. The van der Waals surface area contributed by atoms with Crippen molar-refractivity contribution in [2.45, 2.75) is 13.3 Å². The number of aromatic amines is 2. The molecule has 3 N–H and O–H groups in total. The predicted octanol–water partition coefficient (Wildman–Crippen LogP) is 3.65. The van der Waals surface area contributed by atoms with Crippen LogP contribution in [0.2, 0.25) is 0 Å². The molecule has 0 aliphatic rings. The zero-order valence-corrected chi connectivity index (χ0v) is 17.0. The number of benzene rings is 2. The molecule has 0 amide bonds. The van der Waals surface area contributed by atoms with Crippen molar-refractivity contribution in [2.75, 3.05) is 6.61 Å². The molecule has 154 valence electrons. The molecule has 31 heavy (non-hydrogen) atoms. The number of aliphatic imine (C=N–C) groups is 1. The van der Waals surface area contributed by atoms with E-state index < -0.39 is 0 Å². The minimum atomic E-state index is -0.324. The largest absolute Gasteiger partial charge is 0.396 e. The van der Waals surface area contributed by atoms with E-state index in [0.717, 1.165) is 11.1 Å². The van der Waals surface area contributed by atoms with E-state index in [1.165, 1.54) is 6.20 Å². The van der Waals surface area contributed by atoms with Crippen molar-refractivity contribution in [3.63, 3.8) is 0 Å². The Balaban J connectivity index is 1.72. The van der Waals surface area contributed by atoms with Gasteiger partial charge in [-0.2, -0.15) is 5.26 Å². The Labute approximate surface area is 178 Å². The van der Waals surface area contributed by atoms with E-state index in [4.69, 9.17) is 0 Å². The lowest BCUT2D eigenvalue weighted by molar-refractivity contribution is 0.263. The minimum absolute atomic E-state index is 0.0578. The highest BCUT2D eigenvalue weighted by Crippen LogP contribution is 2.28. The van der Waals surface area contributed by atoms with Crippen molar-refractivity contribution in [3.05, 3.63) is 81.8 Å². The first-order chi connectivity index (χ1) is 15.1. The third-order valence-corrected chi connectivity index (χ3v) is 5.08. The van der Waals surface area contributed by atoms with Gasteiger partial charge in [0, 0.05) is 18.3 Å². The quantitative estimate of drug-likeness (QED) is 0.420. The molecule has 7 heteroatoms. The van der Waals surface area contributed by atoms with Gasteiger partial charge in [0.05, 0.1) is 35.0 Å². The molecule has 4 rings (SSSR count). The number of aliphatic hydroxyl groups is 1. The van der Waals surface area contributed by atoms with Crippen LogP contribution in [0.25, 0.3) is 22.4 Å². The number of aromatic nitrogens is 3. The highest BCUT2D eigenvalue weighted by Gasteiger charge is 2.16. The van der Waals surface area contributed by atoms with Gasteiger partial charge < -0.3 is 15.1 Å². The second-order valence-electron chi connectivity index (χ2n) is 7.36. The van der Waals surface area contributed by atoms with Crippen LogP contribution in [0, 0.1) is 24.2 Å². The molecule has 0 saturated carbocycles. The van der Waals surface area contributed by atoms with Crippen molar-refractivity contribution in [3.8, 4) is 17.5 Å². The number of H-pyrrole nitrogens is 2. The minimum Gasteiger partial charge on any atom is -0.396 e. The molecular formula is C24H21N5O2. The summed E-state index contributed by atoms with van der Waals surface area (Å²) < 4.78 is 0. The average molecular weight is 411 g/mol. The molecule has 1 atom stereocenters. The molecule has 4 aromatic rings. The summed E-state index contributed by atoms with van der Waals surface area (Å²) in [4.78, 5) is 27.6. The van der Waals surface area contributed by atoms with Gasteiger partial charge in [0.2, 0.25) is 0 Å². The van der Waals surface area contributed by atoms with E-state index in [9.17, 15) is 15.2 Å². The zero-order valence-electron chi connectivity index (χ0n) is 17.0. The number of aryl methyl sites for hydroxylation is 1. The van der Waals surface area contributed by atoms with E-state index in [1.807, 2.05) is 37.3 Å². The van der Waals surface area contributed by atoms with Gasteiger partial charge in [-0.1, -0.05) is 30.3 Å². The second kappa shape index (κ2) is 8.78. The fourth-order valence-electron chi connectivity index (χ4n) is 3.55. The first kappa shape index (κ1) is 20.3. The number of pyridine rings is 1.